The number of benzene rings is 1. The zero-order valence-corrected chi connectivity index (χ0v) is 11.2. The number of imidazole rings is 1. The SMILES string of the molecule is Cn1cnc(C(=O)CC2CCCc3ccccc32)c1. The van der Waals surface area contributed by atoms with Crippen molar-refractivity contribution in [2.75, 3.05) is 0 Å². The summed E-state index contributed by atoms with van der Waals surface area (Å²) in [5.41, 5.74) is 3.36. The summed E-state index contributed by atoms with van der Waals surface area (Å²) >= 11 is 0. The van der Waals surface area contributed by atoms with Crippen LogP contribution in [0.5, 0.6) is 0 Å². The molecule has 1 aliphatic rings. The predicted octanol–water partition coefficient (Wildman–Crippen LogP) is 3.11. The Hall–Kier alpha value is -1.90. The molecular weight excluding hydrogens is 236 g/mol. The minimum absolute atomic E-state index is 0.155. The summed E-state index contributed by atoms with van der Waals surface area (Å²) in [6, 6.07) is 8.52. The van der Waals surface area contributed by atoms with Crippen molar-refractivity contribution in [1.82, 2.24) is 9.55 Å². The highest BCUT2D eigenvalue weighted by Gasteiger charge is 2.23. The second-order valence-corrected chi connectivity index (χ2v) is 5.34. The van der Waals surface area contributed by atoms with Crippen molar-refractivity contribution in [3.63, 3.8) is 0 Å². The highest BCUT2D eigenvalue weighted by molar-refractivity contribution is 5.94. The number of hydrogen-bond donors (Lipinski definition) is 0. The van der Waals surface area contributed by atoms with E-state index in [1.54, 1.807) is 12.5 Å². The van der Waals surface area contributed by atoms with Crippen LogP contribution in [0.4, 0.5) is 0 Å². The average molecular weight is 254 g/mol. The second kappa shape index (κ2) is 5.00. The van der Waals surface area contributed by atoms with E-state index in [1.807, 2.05) is 11.6 Å². The van der Waals surface area contributed by atoms with Gasteiger partial charge in [-0.3, -0.25) is 4.79 Å². The Morgan fingerprint density at radius 2 is 2.26 bits per heavy atom. The van der Waals surface area contributed by atoms with Crippen molar-refractivity contribution >= 4 is 5.78 Å². The van der Waals surface area contributed by atoms with Gasteiger partial charge in [0.2, 0.25) is 0 Å². The van der Waals surface area contributed by atoms with Gasteiger partial charge in [0.05, 0.1) is 6.33 Å². The number of nitrogens with zero attached hydrogens (tertiary/aromatic N) is 2. The molecule has 1 aromatic carbocycles. The summed E-state index contributed by atoms with van der Waals surface area (Å²) in [5.74, 6) is 0.516. The molecule has 0 saturated heterocycles. The van der Waals surface area contributed by atoms with Gasteiger partial charge >= 0.3 is 0 Å². The van der Waals surface area contributed by atoms with Crippen LogP contribution in [0.1, 0.15) is 46.8 Å². The molecule has 0 N–H and O–H groups in total. The van der Waals surface area contributed by atoms with E-state index in [1.165, 1.54) is 17.5 Å². The molecule has 0 spiro atoms. The van der Waals surface area contributed by atoms with Gasteiger partial charge in [0.25, 0.3) is 0 Å². The molecule has 0 aliphatic heterocycles. The summed E-state index contributed by atoms with van der Waals surface area (Å²) in [4.78, 5) is 16.4. The smallest absolute Gasteiger partial charge is 0.183 e. The van der Waals surface area contributed by atoms with Crippen LogP contribution in [-0.2, 0) is 13.5 Å². The third-order valence-corrected chi connectivity index (χ3v) is 3.92. The lowest BCUT2D eigenvalue weighted by Crippen LogP contribution is -2.14. The van der Waals surface area contributed by atoms with E-state index < -0.39 is 0 Å². The maximum absolute atomic E-state index is 12.3. The number of Topliss-reactive ketones (excluding diaryl/α,β-unsaturated/α-hetero) is 1. The molecule has 0 bridgehead atoms. The number of carbonyl (C=O) groups is 1. The first-order chi connectivity index (χ1) is 9.24. The van der Waals surface area contributed by atoms with Gasteiger partial charge in [-0.15, -0.1) is 0 Å². The lowest BCUT2D eigenvalue weighted by Gasteiger charge is -2.24. The molecule has 3 heteroatoms. The van der Waals surface area contributed by atoms with E-state index in [4.69, 9.17) is 0 Å². The predicted molar refractivity (Wildman–Crippen MR) is 74.3 cm³/mol. The Bertz CT molecular complexity index is 600. The topological polar surface area (TPSA) is 34.9 Å². The first kappa shape index (κ1) is 12.2. The van der Waals surface area contributed by atoms with Gasteiger partial charge in [0, 0.05) is 19.7 Å². The fourth-order valence-corrected chi connectivity index (χ4v) is 2.95. The molecule has 3 nitrogen and oxygen atoms in total. The lowest BCUT2D eigenvalue weighted by molar-refractivity contribution is 0.0966. The fourth-order valence-electron chi connectivity index (χ4n) is 2.95. The minimum atomic E-state index is 0.155. The lowest BCUT2D eigenvalue weighted by atomic mass is 9.80. The van der Waals surface area contributed by atoms with Gasteiger partial charge in [-0.1, -0.05) is 24.3 Å². The third kappa shape index (κ3) is 2.46. The Morgan fingerprint density at radius 1 is 1.42 bits per heavy atom. The monoisotopic (exact) mass is 254 g/mol. The highest BCUT2D eigenvalue weighted by Crippen LogP contribution is 2.34. The van der Waals surface area contributed by atoms with E-state index in [-0.39, 0.29) is 5.78 Å². The summed E-state index contributed by atoms with van der Waals surface area (Å²) in [6.45, 7) is 0. The average Bonchev–Trinajstić information content (AvgIpc) is 2.86. The van der Waals surface area contributed by atoms with E-state index >= 15 is 0 Å². The summed E-state index contributed by atoms with van der Waals surface area (Å²) in [5, 5.41) is 0. The molecule has 0 saturated carbocycles. The van der Waals surface area contributed by atoms with Crippen molar-refractivity contribution in [2.45, 2.75) is 31.6 Å². The van der Waals surface area contributed by atoms with Crippen LogP contribution in [0.15, 0.2) is 36.8 Å². The zero-order valence-electron chi connectivity index (χ0n) is 11.2. The molecular formula is C16H18N2O. The molecule has 1 unspecified atom stereocenters. The van der Waals surface area contributed by atoms with E-state index in [2.05, 4.69) is 29.2 Å². The summed E-state index contributed by atoms with van der Waals surface area (Å²) in [7, 11) is 1.89. The number of ketones is 1. The van der Waals surface area contributed by atoms with Gasteiger partial charge < -0.3 is 4.57 Å². The van der Waals surface area contributed by atoms with Crippen LogP contribution in [-0.4, -0.2) is 15.3 Å². The maximum atomic E-state index is 12.3. The minimum Gasteiger partial charge on any atom is -0.340 e. The van der Waals surface area contributed by atoms with Gasteiger partial charge in [-0.2, -0.15) is 0 Å². The number of carbonyl (C=O) groups excluding carboxylic acids is 1. The van der Waals surface area contributed by atoms with Crippen molar-refractivity contribution in [2.24, 2.45) is 7.05 Å². The number of aryl methyl sites for hydroxylation is 2. The van der Waals surface area contributed by atoms with Crippen molar-refractivity contribution in [1.29, 1.82) is 0 Å². The number of rotatable bonds is 3. The van der Waals surface area contributed by atoms with Crippen LogP contribution in [0.25, 0.3) is 0 Å². The van der Waals surface area contributed by atoms with Gasteiger partial charge in [0.1, 0.15) is 5.69 Å². The summed E-state index contributed by atoms with van der Waals surface area (Å²) in [6.07, 6.45) is 7.49. The largest absolute Gasteiger partial charge is 0.340 e. The molecule has 2 aromatic rings. The molecule has 0 amide bonds. The van der Waals surface area contributed by atoms with Crippen LogP contribution >= 0.6 is 0 Å². The third-order valence-electron chi connectivity index (χ3n) is 3.92. The van der Waals surface area contributed by atoms with Gasteiger partial charge in [-0.25, -0.2) is 4.98 Å². The first-order valence-corrected chi connectivity index (χ1v) is 6.83. The molecule has 3 rings (SSSR count). The molecule has 98 valence electrons. The van der Waals surface area contributed by atoms with E-state index in [9.17, 15) is 4.79 Å². The Kier molecular flexibility index (Phi) is 3.20. The Balaban J connectivity index is 1.79. The molecule has 1 aliphatic carbocycles. The quantitative estimate of drug-likeness (QED) is 0.789. The van der Waals surface area contributed by atoms with Crippen LogP contribution in [0.2, 0.25) is 0 Å². The molecule has 1 atom stereocenters. The summed E-state index contributed by atoms with van der Waals surface area (Å²) < 4.78 is 1.82. The number of fused-ring (bicyclic) bond motifs is 1. The standard InChI is InChI=1S/C16H18N2O/c1-18-10-15(17-11-18)16(19)9-13-7-4-6-12-5-2-3-8-14(12)13/h2-3,5,8,10-11,13H,4,6-7,9H2,1H3. The Morgan fingerprint density at radius 3 is 3.05 bits per heavy atom. The van der Waals surface area contributed by atoms with Gasteiger partial charge in [0.15, 0.2) is 5.78 Å². The fraction of sp³-hybridized carbons (Fsp3) is 0.375. The number of hydrogen-bond acceptors (Lipinski definition) is 2. The van der Waals surface area contributed by atoms with Crippen LogP contribution in [0.3, 0.4) is 0 Å². The van der Waals surface area contributed by atoms with Crippen molar-refractivity contribution < 1.29 is 4.79 Å². The van der Waals surface area contributed by atoms with E-state index in [0.717, 1.165) is 12.8 Å². The Labute approximate surface area is 113 Å². The van der Waals surface area contributed by atoms with Crippen LogP contribution in [0, 0.1) is 0 Å². The molecule has 1 aromatic heterocycles. The number of aromatic nitrogens is 2. The highest BCUT2D eigenvalue weighted by atomic mass is 16.1. The normalized spacial score (nSPS) is 18.1. The maximum Gasteiger partial charge on any atom is 0.183 e. The van der Waals surface area contributed by atoms with Crippen molar-refractivity contribution in [3.05, 3.63) is 53.6 Å². The van der Waals surface area contributed by atoms with Crippen LogP contribution < -0.4 is 0 Å². The zero-order chi connectivity index (χ0) is 13.2. The van der Waals surface area contributed by atoms with E-state index in [0.29, 0.717) is 18.0 Å². The first-order valence-electron chi connectivity index (χ1n) is 6.83. The molecule has 0 radical (unpaired) electrons. The molecule has 19 heavy (non-hydrogen) atoms. The van der Waals surface area contributed by atoms with Gasteiger partial charge in [-0.05, 0) is 36.3 Å². The molecule has 1 heterocycles. The van der Waals surface area contributed by atoms with Crippen molar-refractivity contribution in [3.8, 4) is 0 Å². The molecule has 0 fully saturated rings. The second-order valence-electron chi connectivity index (χ2n) is 5.34.